The van der Waals surface area contributed by atoms with E-state index in [0.717, 1.165) is 29.8 Å². The topological polar surface area (TPSA) is 42.4 Å². The molecule has 3 atom stereocenters. The van der Waals surface area contributed by atoms with E-state index in [4.69, 9.17) is 10.2 Å². The summed E-state index contributed by atoms with van der Waals surface area (Å²) < 4.78 is 6.02. The summed E-state index contributed by atoms with van der Waals surface area (Å²) in [7, 11) is 0. The minimum absolute atomic E-state index is 0.188. The van der Waals surface area contributed by atoms with Crippen molar-refractivity contribution in [1.82, 2.24) is 4.90 Å². The molecule has 1 fully saturated rings. The molecule has 2 heterocycles. The first kappa shape index (κ1) is 14.0. The summed E-state index contributed by atoms with van der Waals surface area (Å²) in [6, 6.07) is 10.5. The molecule has 3 unspecified atom stereocenters. The fraction of sp³-hybridized carbons (Fsp3) is 0.500. The number of hydrogen-bond donors (Lipinski definition) is 1. The van der Waals surface area contributed by atoms with Gasteiger partial charge >= 0.3 is 0 Å². The predicted octanol–water partition coefficient (Wildman–Crippen LogP) is 3.26. The molecule has 108 valence electrons. The number of para-hydroxylation sites is 1. The lowest BCUT2D eigenvalue weighted by molar-refractivity contribution is 0.179. The number of benzene rings is 1. The Morgan fingerprint density at radius 1 is 1.30 bits per heavy atom. The third-order valence-corrected chi connectivity index (χ3v) is 5.11. The molecule has 0 amide bonds. The zero-order chi connectivity index (χ0) is 14.1. The Hall–Kier alpha value is -0.970. The van der Waals surface area contributed by atoms with E-state index in [0.29, 0.717) is 17.0 Å². The van der Waals surface area contributed by atoms with Gasteiger partial charge in [0.2, 0.25) is 0 Å². The molecule has 3 rings (SSSR count). The van der Waals surface area contributed by atoms with Crippen LogP contribution in [0.25, 0.3) is 11.0 Å². The molecule has 3 nitrogen and oxygen atoms in total. The number of nitrogens with zero attached hydrogens (tertiary/aromatic N) is 1. The van der Waals surface area contributed by atoms with Gasteiger partial charge in [-0.3, -0.25) is 4.90 Å². The number of hydrogen-bond acceptors (Lipinski definition) is 4. The number of furan rings is 1. The maximum Gasteiger partial charge on any atom is 0.134 e. The van der Waals surface area contributed by atoms with Gasteiger partial charge in [-0.25, -0.2) is 0 Å². The standard InChI is InChI=1S/C16H22N2OS/c1-11-9-18(10-12(2)20-11)14(8-17)16-7-13-5-3-4-6-15(13)19-16/h3-7,11-12,14H,8-10,17H2,1-2H3. The lowest BCUT2D eigenvalue weighted by Crippen LogP contribution is -2.44. The molecule has 4 heteroatoms. The van der Waals surface area contributed by atoms with Gasteiger partial charge in [-0.15, -0.1) is 0 Å². The molecule has 0 spiro atoms. The summed E-state index contributed by atoms with van der Waals surface area (Å²) in [5, 5.41) is 2.46. The minimum atomic E-state index is 0.188. The van der Waals surface area contributed by atoms with Crippen LogP contribution in [0.1, 0.15) is 25.6 Å². The lowest BCUT2D eigenvalue weighted by Gasteiger charge is -2.38. The fourth-order valence-electron chi connectivity index (χ4n) is 3.08. The van der Waals surface area contributed by atoms with Crippen LogP contribution in [0.2, 0.25) is 0 Å². The van der Waals surface area contributed by atoms with Crippen LogP contribution in [-0.4, -0.2) is 35.0 Å². The molecular formula is C16H22N2OS. The largest absolute Gasteiger partial charge is 0.459 e. The molecule has 1 aliphatic heterocycles. The number of nitrogens with two attached hydrogens (primary N) is 1. The minimum Gasteiger partial charge on any atom is -0.459 e. The van der Waals surface area contributed by atoms with Crippen LogP contribution in [0.4, 0.5) is 0 Å². The zero-order valence-corrected chi connectivity index (χ0v) is 12.9. The first-order valence-electron chi connectivity index (χ1n) is 7.25. The van der Waals surface area contributed by atoms with Gasteiger partial charge in [0.25, 0.3) is 0 Å². The van der Waals surface area contributed by atoms with Gasteiger partial charge < -0.3 is 10.2 Å². The first-order valence-corrected chi connectivity index (χ1v) is 8.19. The van der Waals surface area contributed by atoms with Crippen LogP contribution in [0, 0.1) is 0 Å². The van der Waals surface area contributed by atoms with Crippen molar-refractivity contribution in [3.63, 3.8) is 0 Å². The van der Waals surface area contributed by atoms with Crippen molar-refractivity contribution in [3.8, 4) is 0 Å². The molecule has 1 aromatic carbocycles. The molecule has 0 saturated carbocycles. The summed E-state index contributed by atoms with van der Waals surface area (Å²) in [6.07, 6.45) is 0. The van der Waals surface area contributed by atoms with Crippen LogP contribution in [-0.2, 0) is 0 Å². The van der Waals surface area contributed by atoms with Gasteiger partial charge in [0.1, 0.15) is 11.3 Å². The molecule has 1 aromatic heterocycles. The van der Waals surface area contributed by atoms with Gasteiger partial charge in [-0.2, -0.15) is 11.8 Å². The van der Waals surface area contributed by atoms with Crippen LogP contribution >= 0.6 is 11.8 Å². The van der Waals surface area contributed by atoms with Crippen molar-refractivity contribution in [3.05, 3.63) is 36.1 Å². The average Bonchev–Trinajstić information content (AvgIpc) is 2.81. The third-order valence-electron chi connectivity index (χ3n) is 3.88. The van der Waals surface area contributed by atoms with E-state index in [1.807, 2.05) is 18.2 Å². The summed E-state index contributed by atoms with van der Waals surface area (Å²) in [5.41, 5.74) is 6.99. The Morgan fingerprint density at radius 2 is 2.00 bits per heavy atom. The zero-order valence-electron chi connectivity index (χ0n) is 12.1. The van der Waals surface area contributed by atoms with Gasteiger partial charge in [-0.1, -0.05) is 32.0 Å². The molecular weight excluding hydrogens is 268 g/mol. The second-order valence-corrected chi connectivity index (χ2v) is 7.53. The highest BCUT2D eigenvalue weighted by molar-refractivity contribution is 8.00. The van der Waals surface area contributed by atoms with Gasteiger partial charge in [-0.05, 0) is 12.1 Å². The van der Waals surface area contributed by atoms with E-state index in [1.165, 1.54) is 0 Å². The van der Waals surface area contributed by atoms with Crippen molar-refractivity contribution in [2.75, 3.05) is 19.6 Å². The van der Waals surface area contributed by atoms with Gasteiger partial charge in [0.05, 0.1) is 6.04 Å². The number of rotatable bonds is 3. The van der Waals surface area contributed by atoms with Crippen molar-refractivity contribution in [2.45, 2.75) is 30.4 Å². The molecule has 1 aliphatic rings. The quantitative estimate of drug-likeness (QED) is 0.942. The summed E-state index contributed by atoms with van der Waals surface area (Å²) in [5.74, 6) is 1.00. The second-order valence-electron chi connectivity index (χ2n) is 5.65. The normalized spacial score (nSPS) is 25.9. The van der Waals surface area contributed by atoms with E-state index in [2.05, 4.69) is 42.6 Å². The Labute approximate surface area is 124 Å². The monoisotopic (exact) mass is 290 g/mol. The Morgan fingerprint density at radius 3 is 2.65 bits per heavy atom. The van der Waals surface area contributed by atoms with E-state index in [1.54, 1.807) is 0 Å². The number of thioether (sulfide) groups is 1. The summed E-state index contributed by atoms with van der Waals surface area (Å²) >= 11 is 2.06. The average molecular weight is 290 g/mol. The third kappa shape index (κ3) is 2.73. The summed E-state index contributed by atoms with van der Waals surface area (Å²) in [6.45, 7) is 7.34. The highest BCUT2D eigenvalue weighted by Gasteiger charge is 2.29. The van der Waals surface area contributed by atoms with E-state index in [-0.39, 0.29) is 6.04 Å². The van der Waals surface area contributed by atoms with Crippen LogP contribution in [0.3, 0.4) is 0 Å². The summed E-state index contributed by atoms with van der Waals surface area (Å²) in [4.78, 5) is 2.48. The van der Waals surface area contributed by atoms with Crippen LogP contribution in [0.15, 0.2) is 34.7 Å². The molecule has 1 saturated heterocycles. The molecule has 0 radical (unpaired) electrons. The molecule has 0 bridgehead atoms. The van der Waals surface area contributed by atoms with Gasteiger partial charge in [0.15, 0.2) is 0 Å². The first-order chi connectivity index (χ1) is 9.67. The predicted molar refractivity (Wildman–Crippen MR) is 86.1 cm³/mol. The maximum absolute atomic E-state index is 6.04. The second kappa shape index (κ2) is 5.80. The van der Waals surface area contributed by atoms with Crippen molar-refractivity contribution in [1.29, 1.82) is 0 Å². The van der Waals surface area contributed by atoms with E-state index in [9.17, 15) is 0 Å². The highest BCUT2D eigenvalue weighted by Crippen LogP contribution is 2.32. The molecule has 2 N–H and O–H groups in total. The fourth-order valence-corrected chi connectivity index (χ4v) is 4.43. The Kier molecular flexibility index (Phi) is 4.06. The highest BCUT2D eigenvalue weighted by atomic mass is 32.2. The SMILES string of the molecule is CC1CN(C(CN)c2cc3ccccc3o2)CC(C)S1. The maximum atomic E-state index is 6.04. The smallest absolute Gasteiger partial charge is 0.134 e. The van der Waals surface area contributed by atoms with E-state index >= 15 is 0 Å². The van der Waals surface area contributed by atoms with Crippen molar-refractivity contribution in [2.24, 2.45) is 5.73 Å². The van der Waals surface area contributed by atoms with E-state index < -0.39 is 0 Å². The van der Waals surface area contributed by atoms with Crippen LogP contribution in [0.5, 0.6) is 0 Å². The van der Waals surface area contributed by atoms with Crippen molar-refractivity contribution < 1.29 is 4.42 Å². The molecule has 2 aromatic rings. The van der Waals surface area contributed by atoms with Crippen LogP contribution < -0.4 is 5.73 Å². The molecule has 0 aliphatic carbocycles. The molecule has 20 heavy (non-hydrogen) atoms. The Balaban J connectivity index is 1.88. The van der Waals surface area contributed by atoms with Gasteiger partial charge in [0, 0.05) is 35.5 Å². The number of fused-ring (bicyclic) bond motifs is 1. The van der Waals surface area contributed by atoms with Crippen molar-refractivity contribution >= 4 is 22.7 Å². The Bertz CT molecular complexity index is 540. The lowest BCUT2D eigenvalue weighted by atomic mass is 10.1.